The van der Waals surface area contributed by atoms with Gasteiger partial charge in [0.1, 0.15) is 0 Å². The number of rotatable bonds is 2. The summed E-state index contributed by atoms with van der Waals surface area (Å²) < 4.78 is 5.00. The number of fused-ring (bicyclic) bond motifs is 3. The lowest BCUT2D eigenvalue weighted by Crippen LogP contribution is -2.25. The van der Waals surface area contributed by atoms with E-state index in [1.807, 2.05) is 18.2 Å². The van der Waals surface area contributed by atoms with Gasteiger partial charge in [-0.2, -0.15) is 0 Å². The molecule has 3 unspecified atom stereocenters. The lowest BCUT2D eigenvalue weighted by molar-refractivity contribution is 0.440. The van der Waals surface area contributed by atoms with Crippen LogP contribution in [-0.2, 0) is 0 Å². The van der Waals surface area contributed by atoms with Crippen molar-refractivity contribution in [3.63, 3.8) is 0 Å². The summed E-state index contributed by atoms with van der Waals surface area (Å²) in [5.74, 6) is 1.39. The first-order valence-corrected chi connectivity index (χ1v) is 6.67. The van der Waals surface area contributed by atoms with Gasteiger partial charge in [-0.1, -0.05) is 6.42 Å². The normalized spacial score (nSPS) is 30.1. The first-order valence-electron chi connectivity index (χ1n) is 6.67. The van der Waals surface area contributed by atoms with E-state index in [4.69, 9.17) is 4.42 Å². The molecule has 4 rings (SSSR count). The molecule has 0 amide bonds. The van der Waals surface area contributed by atoms with E-state index in [0.717, 1.165) is 23.0 Å². The van der Waals surface area contributed by atoms with Crippen molar-refractivity contribution in [2.24, 2.45) is 11.8 Å². The van der Waals surface area contributed by atoms with Crippen LogP contribution in [0.15, 0.2) is 27.4 Å². The van der Waals surface area contributed by atoms with E-state index in [2.05, 4.69) is 10.3 Å². The van der Waals surface area contributed by atoms with Crippen LogP contribution >= 0.6 is 0 Å². The zero-order valence-corrected chi connectivity index (χ0v) is 10.1. The van der Waals surface area contributed by atoms with Crippen molar-refractivity contribution in [1.82, 2.24) is 4.98 Å². The van der Waals surface area contributed by atoms with E-state index in [1.165, 1.54) is 25.7 Å². The van der Waals surface area contributed by atoms with Gasteiger partial charge >= 0.3 is 5.76 Å². The van der Waals surface area contributed by atoms with E-state index in [9.17, 15) is 4.79 Å². The standard InChI is InChI=1S/C14H16N2O2/c17-14-16-12-7-10(3-4-13(12)18-14)15-11-6-8-1-2-9(11)5-8/h3-4,7-9,11,15H,1-2,5-6H2,(H,16,17). The zero-order valence-electron chi connectivity index (χ0n) is 10.1. The van der Waals surface area contributed by atoms with Gasteiger partial charge in [-0.15, -0.1) is 0 Å². The highest BCUT2D eigenvalue weighted by Gasteiger charge is 2.39. The maximum atomic E-state index is 11.1. The predicted octanol–water partition coefficient (Wildman–Crippen LogP) is 2.72. The molecule has 0 aliphatic heterocycles. The third kappa shape index (κ3) is 1.55. The molecule has 2 fully saturated rings. The molecule has 2 aliphatic carbocycles. The Morgan fingerprint density at radius 2 is 2.22 bits per heavy atom. The molecular formula is C14H16N2O2. The van der Waals surface area contributed by atoms with Crippen LogP contribution in [0.25, 0.3) is 11.1 Å². The summed E-state index contributed by atoms with van der Waals surface area (Å²) in [5, 5.41) is 3.61. The first kappa shape index (κ1) is 10.2. The predicted molar refractivity (Wildman–Crippen MR) is 69.7 cm³/mol. The van der Waals surface area contributed by atoms with Crippen molar-refractivity contribution in [3.05, 3.63) is 28.7 Å². The Balaban J connectivity index is 1.61. The summed E-state index contributed by atoms with van der Waals surface area (Å²) in [5.41, 5.74) is 2.48. The lowest BCUT2D eigenvalue weighted by Gasteiger charge is -2.23. The van der Waals surface area contributed by atoms with Gasteiger partial charge in [-0.25, -0.2) is 4.79 Å². The summed E-state index contributed by atoms with van der Waals surface area (Å²) in [7, 11) is 0. The van der Waals surface area contributed by atoms with Gasteiger partial charge < -0.3 is 9.73 Å². The average Bonchev–Trinajstić information content (AvgIpc) is 3.01. The van der Waals surface area contributed by atoms with E-state index in [-0.39, 0.29) is 5.76 Å². The van der Waals surface area contributed by atoms with Gasteiger partial charge in [0, 0.05) is 11.7 Å². The Bertz CT molecular complexity index is 643. The molecule has 0 saturated heterocycles. The quantitative estimate of drug-likeness (QED) is 0.854. The smallest absolute Gasteiger partial charge is 0.408 e. The molecule has 1 aromatic carbocycles. The monoisotopic (exact) mass is 244 g/mol. The summed E-state index contributed by atoms with van der Waals surface area (Å²) in [4.78, 5) is 13.8. The molecule has 2 N–H and O–H groups in total. The van der Waals surface area contributed by atoms with Crippen molar-refractivity contribution in [3.8, 4) is 0 Å². The van der Waals surface area contributed by atoms with Gasteiger partial charge in [-0.3, -0.25) is 4.98 Å². The maximum absolute atomic E-state index is 11.1. The number of hydrogen-bond donors (Lipinski definition) is 2. The van der Waals surface area contributed by atoms with Gasteiger partial charge in [-0.05, 0) is 49.3 Å². The van der Waals surface area contributed by atoms with E-state index in [1.54, 1.807) is 0 Å². The first-order chi connectivity index (χ1) is 8.78. The second kappa shape index (κ2) is 3.64. The molecule has 0 spiro atoms. The van der Waals surface area contributed by atoms with Gasteiger partial charge in [0.2, 0.25) is 0 Å². The average molecular weight is 244 g/mol. The van der Waals surface area contributed by atoms with Crippen molar-refractivity contribution in [2.75, 3.05) is 5.32 Å². The Morgan fingerprint density at radius 1 is 1.28 bits per heavy atom. The maximum Gasteiger partial charge on any atom is 0.417 e. The third-order valence-corrected chi connectivity index (χ3v) is 4.51. The molecule has 2 saturated carbocycles. The van der Waals surface area contributed by atoms with Crippen molar-refractivity contribution in [2.45, 2.75) is 31.7 Å². The van der Waals surface area contributed by atoms with Crippen LogP contribution in [0.1, 0.15) is 25.7 Å². The van der Waals surface area contributed by atoms with E-state index < -0.39 is 0 Å². The molecule has 2 aromatic rings. The Kier molecular flexibility index (Phi) is 2.07. The number of aromatic amines is 1. The number of H-pyrrole nitrogens is 1. The minimum Gasteiger partial charge on any atom is -0.408 e. The third-order valence-electron chi connectivity index (χ3n) is 4.51. The molecule has 4 heteroatoms. The summed E-state index contributed by atoms with van der Waals surface area (Å²) in [6.07, 6.45) is 5.47. The molecule has 94 valence electrons. The van der Waals surface area contributed by atoms with Crippen molar-refractivity contribution in [1.29, 1.82) is 0 Å². The van der Waals surface area contributed by atoms with E-state index in [0.29, 0.717) is 11.6 Å². The number of benzene rings is 1. The Hall–Kier alpha value is -1.71. The van der Waals surface area contributed by atoms with Crippen molar-refractivity contribution >= 4 is 16.8 Å². The van der Waals surface area contributed by atoms with Crippen LogP contribution in [0.4, 0.5) is 5.69 Å². The topological polar surface area (TPSA) is 58.0 Å². The van der Waals surface area contributed by atoms with Crippen LogP contribution in [-0.4, -0.2) is 11.0 Å². The highest BCUT2D eigenvalue weighted by atomic mass is 16.4. The molecule has 3 atom stereocenters. The highest BCUT2D eigenvalue weighted by molar-refractivity contribution is 5.76. The number of anilines is 1. The van der Waals surface area contributed by atoms with Crippen LogP contribution in [0, 0.1) is 11.8 Å². The fourth-order valence-corrected chi connectivity index (χ4v) is 3.68. The SMILES string of the molecule is O=c1[nH]c2cc(NC3CC4CCC3C4)ccc2o1. The largest absolute Gasteiger partial charge is 0.417 e. The minimum absolute atomic E-state index is 0.387. The lowest BCUT2D eigenvalue weighted by atomic mass is 9.95. The van der Waals surface area contributed by atoms with E-state index >= 15 is 0 Å². The molecule has 1 aromatic heterocycles. The molecule has 18 heavy (non-hydrogen) atoms. The number of oxazole rings is 1. The Labute approximate surface area is 104 Å². The molecule has 0 radical (unpaired) electrons. The highest BCUT2D eigenvalue weighted by Crippen LogP contribution is 2.45. The summed E-state index contributed by atoms with van der Waals surface area (Å²) >= 11 is 0. The van der Waals surface area contributed by atoms with Crippen LogP contribution in [0.2, 0.25) is 0 Å². The fourth-order valence-electron chi connectivity index (χ4n) is 3.68. The molecule has 1 heterocycles. The molecular weight excluding hydrogens is 228 g/mol. The zero-order chi connectivity index (χ0) is 12.1. The number of hydrogen-bond acceptors (Lipinski definition) is 3. The molecule has 2 aliphatic rings. The number of aromatic nitrogens is 1. The second-order valence-corrected chi connectivity index (χ2v) is 5.65. The van der Waals surface area contributed by atoms with Gasteiger partial charge in [0.25, 0.3) is 0 Å². The second-order valence-electron chi connectivity index (χ2n) is 5.65. The van der Waals surface area contributed by atoms with Gasteiger partial charge in [0.15, 0.2) is 5.58 Å². The molecule has 4 nitrogen and oxygen atoms in total. The van der Waals surface area contributed by atoms with Gasteiger partial charge in [0.05, 0.1) is 5.52 Å². The number of nitrogens with one attached hydrogen (secondary N) is 2. The fraction of sp³-hybridized carbons (Fsp3) is 0.500. The summed E-state index contributed by atoms with van der Waals surface area (Å²) in [6.45, 7) is 0. The van der Waals surface area contributed by atoms with Crippen molar-refractivity contribution < 1.29 is 4.42 Å². The molecule has 2 bridgehead atoms. The van der Waals surface area contributed by atoms with Crippen LogP contribution in [0.5, 0.6) is 0 Å². The summed E-state index contributed by atoms with van der Waals surface area (Å²) in [6, 6.07) is 6.42. The minimum atomic E-state index is -0.387. The Morgan fingerprint density at radius 3 is 3.00 bits per heavy atom. The van der Waals surface area contributed by atoms with Crippen LogP contribution in [0.3, 0.4) is 0 Å². The van der Waals surface area contributed by atoms with Crippen LogP contribution < -0.4 is 11.1 Å².